The Labute approximate surface area is 149 Å². The molecule has 0 N–H and O–H groups in total. The topological polar surface area (TPSA) is 39.5 Å². The fourth-order valence-corrected chi connectivity index (χ4v) is 3.64. The standard InChI is InChI=1S/C20H27N3O2/c1-5-10-23-14-17(15(2)21-23)13-22-11-9-16(12-22)18-7-6-8-19(24-3)20(18)25-4/h5-8,14,16H,1,9-13H2,2-4H3/t16-/m1/s1. The van der Waals surface area contributed by atoms with Crippen molar-refractivity contribution in [2.45, 2.75) is 32.4 Å². The van der Waals surface area contributed by atoms with Crippen molar-refractivity contribution < 1.29 is 9.47 Å². The third-order valence-electron chi connectivity index (χ3n) is 4.90. The van der Waals surface area contributed by atoms with E-state index in [9.17, 15) is 0 Å². The molecule has 5 heteroatoms. The van der Waals surface area contributed by atoms with Gasteiger partial charge in [-0.1, -0.05) is 18.2 Å². The van der Waals surface area contributed by atoms with Gasteiger partial charge in [-0.3, -0.25) is 9.58 Å². The molecule has 0 spiro atoms. The lowest BCUT2D eigenvalue weighted by atomic mass is 9.97. The van der Waals surface area contributed by atoms with Crippen molar-refractivity contribution in [1.82, 2.24) is 14.7 Å². The van der Waals surface area contributed by atoms with Crippen molar-refractivity contribution in [3.8, 4) is 11.5 Å². The molecule has 2 aromatic rings. The SMILES string of the molecule is C=CCn1cc(CN2CC[C@@H](c3cccc(OC)c3OC)C2)c(C)n1. The minimum Gasteiger partial charge on any atom is -0.493 e. The Bertz CT molecular complexity index is 739. The van der Waals surface area contributed by atoms with Gasteiger partial charge in [0.15, 0.2) is 11.5 Å². The van der Waals surface area contributed by atoms with E-state index in [4.69, 9.17) is 9.47 Å². The van der Waals surface area contributed by atoms with Crippen LogP contribution in [0.25, 0.3) is 0 Å². The molecule has 1 fully saturated rings. The summed E-state index contributed by atoms with van der Waals surface area (Å²) in [6.45, 7) is 9.65. The Morgan fingerprint density at radius 2 is 2.16 bits per heavy atom. The zero-order valence-corrected chi connectivity index (χ0v) is 15.4. The second-order valence-corrected chi connectivity index (χ2v) is 6.55. The number of methoxy groups -OCH3 is 2. The van der Waals surface area contributed by atoms with Crippen molar-refractivity contribution in [3.63, 3.8) is 0 Å². The van der Waals surface area contributed by atoms with Crippen LogP contribution >= 0.6 is 0 Å². The molecule has 0 unspecified atom stereocenters. The molecule has 1 aliphatic heterocycles. The maximum Gasteiger partial charge on any atom is 0.164 e. The Kier molecular flexibility index (Phi) is 5.43. The molecule has 25 heavy (non-hydrogen) atoms. The first kappa shape index (κ1) is 17.5. The van der Waals surface area contributed by atoms with Gasteiger partial charge in [-0.2, -0.15) is 5.10 Å². The van der Waals surface area contributed by atoms with Crippen molar-refractivity contribution in [2.75, 3.05) is 27.3 Å². The molecule has 1 aromatic heterocycles. The van der Waals surface area contributed by atoms with E-state index in [0.29, 0.717) is 5.92 Å². The van der Waals surface area contributed by atoms with E-state index < -0.39 is 0 Å². The molecule has 5 nitrogen and oxygen atoms in total. The summed E-state index contributed by atoms with van der Waals surface area (Å²) in [6.07, 6.45) is 5.14. The highest BCUT2D eigenvalue weighted by Gasteiger charge is 2.27. The first-order chi connectivity index (χ1) is 12.2. The molecule has 1 aliphatic rings. The number of ether oxygens (including phenoxy) is 2. The second-order valence-electron chi connectivity index (χ2n) is 6.55. The Morgan fingerprint density at radius 1 is 1.32 bits per heavy atom. The Morgan fingerprint density at radius 3 is 2.88 bits per heavy atom. The van der Waals surface area contributed by atoms with Gasteiger partial charge in [0.1, 0.15) is 0 Å². The van der Waals surface area contributed by atoms with Gasteiger partial charge in [-0.25, -0.2) is 0 Å². The Hall–Kier alpha value is -2.27. The van der Waals surface area contributed by atoms with E-state index in [2.05, 4.69) is 35.8 Å². The van der Waals surface area contributed by atoms with E-state index in [-0.39, 0.29) is 0 Å². The van der Waals surface area contributed by atoms with E-state index in [0.717, 1.165) is 49.8 Å². The van der Waals surface area contributed by atoms with Crippen LogP contribution in [0.5, 0.6) is 11.5 Å². The third-order valence-corrected chi connectivity index (χ3v) is 4.90. The van der Waals surface area contributed by atoms with E-state index in [1.807, 2.05) is 22.9 Å². The smallest absolute Gasteiger partial charge is 0.164 e. The zero-order valence-electron chi connectivity index (χ0n) is 15.4. The molecule has 0 bridgehead atoms. The highest BCUT2D eigenvalue weighted by atomic mass is 16.5. The molecular formula is C20H27N3O2. The van der Waals surface area contributed by atoms with Crippen molar-refractivity contribution in [3.05, 3.63) is 53.9 Å². The van der Waals surface area contributed by atoms with Gasteiger partial charge in [-0.05, 0) is 26.0 Å². The molecule has 1 aromatic carbocycles. The van der Waals surface area contributed by atoms with Crippen LogP contribution in [0.4, 0.5) is 0 Å². The van der Waals surface area contributed by atoms with Gasteiger partial charge in [0, 0.05) is 36.3 Å². The molecule has 3 rings (SSSR count). The highest BCUT2D eigenvalue weighted by Crippen LogP contribution is 2.39. The number of likely N-dealkylation sites (tertiary alicyclic amines) is 1. The van der Waals surface area contributed by atoms with Gasteiger partial charge in [0.25, 0.3) is 0 Å². The van der Waals surface area contributed by atoms with Crippen LogP contribution in [0.1, 0.15) is 29.2 Å². The fourth-order valence-electron chi connectivity index (χ4n) is 3.64. The number of hydrogen-bond acceptors (Lipinski definition) is 4. The molecule has 0 radical (unpaired) electrons. The zero-order chi connectivity index (χ0) is 17.8. The maximum atomic E-state index is 5.62. The van der Waals surface area contributed by atoms with E-state index >= 15 is 0 Å². The van der Waals surface area contributed by atoms with E-state index in [1.54, 1.807) is 14.2 Å². The van der Waals surface area contributed by atoms with Gasteiger partial charge in [-0.15, -0.1) is 6.58 Å². The Balaban J connectivity index is 1.71. The number of aromatic nitrogens is 2. The minimum atomic E-state index is 0.466. The summed E-state index contributed by atoms with van der Waals surface area (Å²) in [5.74, 6) is 2.14. The lowest BCUT2D eigenvalue weighted by Gasteiger charge is -2.18. The van der Waals surface area contributed by atoms with Crippen molar-refractivity contribution in [2.24, 2.45) is 0 Å². The number of rotatable bonds is 7. The predicted octanol–water partition coefficient (Wildman–Crippen LogP) is 3.38. The summed E-state index contributed by atoms with van der Waals surface area (Å²) in [7, 11) is 3.40. The monoisotopic (exact) mass is 341 g/mol. The number of aryl methyl sites for hydroxylation is 1. The number of benzene rings is 1. The first-order valence-electron chi connectivity index (χ1n) is 8.73. The van der Waals surface area contributed by atoms with Crippen LogP contribution in [-0.2, 0) is 13.1 Å². The predicted molar refractivity (Wildman–Crippen MR) is 99.3 cm³/mol. The molecule has 1 atom stereocenters. The summed E-state index contributed by atoms with van der Waals surface area (Å²) >= 11 is 0. The summed E-state index contributed by atoms with van der Waals surface area (Å²) in [5, 5.41) is 4.55. The summed E-state index contributed by atoms with van der Waals surface area (Å²) in [5.41, 5.74) is 3.63. The van der Waals surface area contributed by atoms with Crippen molar-refractivity contribution in [1.29, 1.82) is 0 Å². The second kappa shape index (κ2) is 7.74. The summed E-state index contributed by atoms with van der Waals surface area (Å²) in [6, 6.07) is 6.15. The van der Waals surface area contributed by atoms with Gasteiger partial charge in [0.05, 0.1) is 26.5 Å². The van der Waals surface area contributed by atoms with E-state index in [1.165, 1.54) is 11.1 Å². The van der Waals surface area contributed by atoms with Gasteiger partial charge >= 0.3 is 0 Å². The van der Waals surface area contributed by atoms with Crippen LogP contribution in [0.2, 0.25) is 0 Å². The molecule has 0 saturated carbocycles. The van der Waals surface area contributed by atoms with Crippen LogP contribution < -0.4 is 9.47 Å². The lowest BCUT2D eigenvalue weighted by Crippen LogP contribution is -2.20. The minimum absolute atomic E-state index is 0.466. The molecule has 1 saturated heterocycles. The summed E-state index contributed by atoms with van der Waals surface area (Å²) in [4.78, 5) is 2.49. The molecule has 2 heterocycles. The van der Waals surface area contributed by atoms with Gasteiger partial charge < -0.3 is 9.47 Å². The van der Waals surface area contributed by atoms with Crippen LogP contribution in [-0.4, -0.2) is 42.0 Å². The third kappa shape index (κ3) is 3.71. The summed E-state index contributed by atoms with van der Waals surface area (Å²) < 4.78 is 13.0. The molecule has 0 amide bonds. The lowest BCUT2D eigenvalue weighted by molar-refractivity contribution is 0.322. The van der Waals surface area contributed by atoms with Crippen LogP contribution in [0, 0.1) is 6.92 Å². The fraction of sp³-hybridized carbons (Fsp3) is 0.450. The molecule has 134 valence electrons. The van der Waals surface area contributed by atoms with Crippen LogP contribution in [0.15, 0.2) is 37.1 Å². The number of allylic oxidation sites excluding steroid dienone is 1. The van der Waals surface area contributed by atoms with Crippen molar-refractivity contribution >= 4 is 0 Å². The number of hydrogen-bond donors (Lipinski definition) is 0. The van der Waals surface area contributed by atoms with Crippen LogP contribution in [0.3, 0.4) is 0 Å². The van der Waals surface area contributed by atoms with Gasteiger partial charge in [0.2, 0.25) is 0 Å². The maximum absolute atomic E-state index is 5.62. The molecule has 0 aliphatic carbocycles. The first-order valence-corrected chi connectivity index (χ1v) is 8.73. The number of nitrogens with zero attached hydrogens (tertiary/aromatic N) is 3. The highest BCUT2D eigenvalue weighted by molar-refractivity contribution is 5.48. The molecular weight excluding hydrogens is 314 g/mol. The quantitative estimate of drug-likeness (QED) is 0.724. The average Bonchev–Trinajstić information content (AvgIpc) is 3.21. The largest absolute Gasteiger partial charge is 0.493 e. The number of para-hydroxylation sites is 1. The normalized spacial score (nSPS) is 17.6. The average molecular weight is 341 g/mol.